The maximum atomic E-state index is 6.02. The van der Waals surface area contributed by atoms with E-state index >= 15 is 0 Å². The molecule has 0 spiro atoms. The molecular formula is C14H18BrN3O. The van der Waals surface area contributed by atoms with Crippen LogP contribution in [0.1, 0.15) is 43.7 Å². The number of hydrogen-bond acceptors (Lipinski definition) is 4. The molecule has 19 heavy (non-hydrogen) atoms. The van der Waals surface area contributed by atoms with E-state index in [-0.39, 0.29) is 6.04 Å². The molecule has 2 aromatic rings. The molecule has 0 aliphatic rings. The Kier molecular flexibility index (Phi) is 4.71. The third-order valence-corrected chi connectivity index (χ3v) is 3.91. The van der Waals surface area contributed by atoms with Crippen LogP contribution in [0.2, 0.25) is 0 Å². The van der Waals surface area contributed by atoms with Gasteiger partial charge in [0.05, 0.1) is 6.04 Å². The first-order valence-corrected chi connectivity index (χ1v) is 7.26. The molecule has 4 nitrogen and oxygen atoms in total. The predicted octanol–water partition coefficient (Wildman–Crippen LogP) is 4.00. The summed E-state index contributed by atoms with van der Waals surface area (Å²) in [4.78, 5) is 4.38. The van der Waals surface area contributed by atoms with Crippen LogP contribution >= 0.6 is 15.9 Å². The second-order valence-corrected chi connectivity index (χ2v) is 5.52. The van der Waals surface area contributed by atoms with Crippen LogP contribution in [-0.2, 0) is 0 Å². The zero-order valence-electron chi connectivity index (χ0n) is 11.2. The first-order valence-electron chi connectivity index (χ1n) is 6.47. The van der Waals surface area contributed by atoms with Gasteiger partial charge in [-0.3, -0.25) is 0 Å². The fourth-order valence-electron chi connectivity index (χ4n) is 1.78. The normalized spacial score (nSPS) is 12.6. The summed E-state index contributed by atoms with van der Waals surface area (Å²) in [6, 6.07) is 5.82. The molecule has 2 rings (SSSR count). The second kappa shape index (κ2) is 6.30. The van der Waals surface area contributed by atoms with E-state index < -0.39 is 0 Å². The van der Waals surface area contributed by atoms with Gasteiger partial charge in [-0.25, -0.2) is 0 Å². The Morgan fingerprint density at radius 1 is 1.42 bits per heavy atom. The van der Waals surface area contributed by atoms with Crippen molar-refractivity contribution < 1.29 is 4.52 Å². The number of aromatic nitrogens is 2. The zero-order chi connectivity index (χ0) is 13.8. The lowest BCUT2D eigenvalue weighted by molar-refractivity contribution is 0.346. The molecule has 0 unspecified atom stereocenters. The lowest BCUT2D eigenvalue weighted by atomic mass is 10.1. The van der Waals surface area contributed by atoms with Gasteiger partial charge in [-0.05, 0) is 25.0 Å². The Labute approximate surface area is 121 Å². The van der Waals surface area contributed by atoms with Gasteiger partial charge in [-0.1, -0.05) is 53.0 Å². The Hall–Kier alpha value is -1.20. The highest BCUT2D eigenvalue weighted by molar-refractivity contribution is 9.10. The Bertz CT molecular complexity index is 553. The fourth-order valence-corrected chi connectivity index (χ4v) is 2.16. The Balaban J connectivity index is 2.18. The van der Waals surface area contributed by atoms with Crippen LogP contribution < -0.4 is 5.73 Å². The van der Waals surface area contributed by atoms with Crippen molar-refractivity contribution >= 4 is 15.9 Å². The molecule has 0 saturated heterocycles. The molecule has 1 aromatic heterocycles. The van der Waals surface area contributed by atoms with Gasteiger partial charge in [0.15, 0.2) is 0 Å². The van der Waals surface area contributed by atoms with Crippen molar-refractivity contribution in [2.75, 3.05) is 0 Å². The largest absolute Gasteiger partial charge is 0.337 e. The Morgan fingerprint density at radius 2 is 2.21 bits per heavy atom. The number of benzene rings is 1. The van der Waals surface area contributed by atoms with E-state index in [1.807, 2.05) is 25.1 Å². The van der Waals surface area contributed by atoms with Gasteiger partial charge in [-0.2, -0.15) is 4.98 Å². The van der Waals surface area contributed by atoms with Crippen LogP contribution in [0.5, 0.6) is 0 Å². The van der Waals surface area contributed by atoms with Gasteiger partial charge in [0, 0.05) is 10.0 Å². The molecule has 0 fully saturated rings. The average Bonchev–Trinajstić information content (AvgIpc) is 2.89. The number of rotatable bonds is 5. The van der Waals surface area contributed by atoms with Gasteiger partial charge >= 0.3 is 0 Å². The van der Waals surface area contributed by atoms with E-state index in [1.54, 1.807) is 0 Å². The molecule has 2 N–H and O–H groups in total. The van der Waals surface area contributed by atoms with Gasteiger partial charge in [0.2, 0.25) is 11.7 Å². The molecule has 0 saturated carbocycles. The topological polar surface area (TPSA) is 64.9 Å². The van der Waals surface area contributed by atoms with E-state index in [1.165, 1.54) is 5.56 Å². The number of unbranched alkanes of at least 4 members (excludes halogenated alkanes) is 1. The molecule has 0 aliphatic carbocycles. The fraction of sp³-hybridized carbons (Fsp3) is 0.429. The standard InChI is InChI=1S/C14H18BrN3O/c1-3-4-5-12(16)14-17-13(18-19-14)10-7-6-9(2)11(15)8-10/h6-8,12H,3-5,16H2,1-2H3/t12-/m0/s1. The van der Waals surface area contributed by atoms with Crippen LogP contribution in [0.4, 0.5) is 0 Å². The summed E-state index contributed by atoms with van der Waals surface area (Å²) in [5.74, 6) is 1.10. The van der Waals surface area contributed by atoms with Crippen molar-refractivity contribution in [3.8, 4) is 11.4 Å². The molecule has 1 aromatic carbocycles. The monoisotopic (exact) mass is 323 g/mol. The lowest BCUT2D eigenvalue weighted by Gasteiger charge is -2.03. The number of nitrogens with two attached hydrogens (primary N) is 1. The summed E-state index contributed by atoms with van der Waals surface area (Å²) >= 11 is 3.50. The molecule has 0 radical (unpaired) electrons. The van der Waals surface area contributed by atoms with Crippen LogP contribution in [0.3, 0.4) is 0 Å². The first-order chi connectivity index (χ1) is 9.11. The van der Waals surface area contributed by atoms with E-state index in [9.17, 15) is 0 Å². The average molecular weight is 324 g/mol. The van der Waals surface area contributed by atoms with Gasteiger partial charge in [0.25, 0.3) is 0 Å². The SMILES string of the molecule is CCCC[C@H](N)c1nc(-c2ccc(C)c(Br)c2)no1. The molecule has 0 bridgehead atoms. The summed E-state index contributed by atoms with van der Waals surface area (Å²) < 4.78 is 6.28. The second-order valence-electron chi connectivity index (χ2n) is 4.67. The minimum absolute atomic E-state index is 0.171. The zero-order valence-corrected chi connectivity index (χ0v) is 12.8. The quantitative estimate of drug-likeness (QED) is 0.903. The summed E-state index contributed by atoms with van der Waals surface area (Å²) in [5, 5.41) is 4.00. The summed E-state index contributed by atoms with van der Waals surface area (Å²) in [6.45, 7) is 4.17. The van der Waals surface area contributed by atoms with Crippen molar-refractivity contribution in [2.24, 2.45) is 5.73 Å². The van der Waals surface area contributed by atoms with E-state index in [4.69, 9.17) is 10.3 Å². The molecule has 0 aliphatic heterocycles. The molecule has 0 amide bonds. The highest BCUT2D eigenvalue weighted by atomic mass is 79.9. The number of nitrogens with zero attached hydrogens (tertiary/aromatic N) is 2. The molecule has 5 heteroatoms. The van der Waals surface area contributed by atoms with E-state index in [2.05, 4.69) is 33.0 Å². The lowest BCUT2D eigenvalue weighted by Crippen LogP contribution is -2.10. The molecular weight excluding hydrogens is 306 g/mol. The third kappa shape index (κ3) is 3.42. The van der Waals surface area contributed by atoms with Crippen molar-refractivity contribution in [1.82, 2.24) is 10.1 Å². The number of hydrogen-bond donors (Lipinski definition) is 1. The predicted molar refractivity (Wildman–Crippen MR) is 78.6 cm³/mol. The first kappa shape index (κ1) is 14.2. The minimum Gasteiger partial charge on any atom is -0.337 e. The summed E-state index contributed by atoms with van der Waals surface area (Å²) in [6.07, 6.45) is 3.05. The number of halogens is 1. The van der Waals surface area contributed by atoms with Crippen LogP contribution in [0.25, 0.3) is 11.4 Å². The van der Waals surface area contributed by atoms with Crippen LogP contribution in [0, 0.1) is 6.92 Å². The Morgan fingerprint density at radius 3 is 2.89 bits per heavy atom. The molecule has 1 atom stereocenters. The van der Waals surface area contributed by atoms with Crippen molar-refractivity contribution in [2.45, 2.75) is 39.2 Å². The van der Waals surface area contributed by atoms with Crippen molar-refractivity contribution in [1.29, 1.82) is 0 Å². The van der Waals surface area contributed by atoms with Gasteiger partial charge in [0.1, 0.15) is 0 Å². The number of aryl methyl sites for hydroxylation is 1. The van der Waals surface area contributed by atoms with E-state index in [0.717, 1.165) is 29.3 Å². The maximum absolute atomic E-state index is 6.02. The van der Waals surface area contributed by atoms with E-state index in [0.29, 0.717) is 11.7 Å². The van der Waals surface area contributed by atoms with Gasteiger partial charge < -0.3 is 10.3 Å². The highest BCUT2D eigenvalue weighted by Gasteiger charge is 2.15. The molecule has 1 heterocycles. The highest BCUT2D eigenvalue weighted by Crippen LogP contribution is 2.25. The third-order valence-electron chi connectivity index (χ3n) is 3.06. The van der Waals surface area contributed by atoms with Crippen LogP contribution in [0.15, 0.2) is 27.2 Å². The molecule has 102 valence electrons. The summed E-state index contributed by atoms with van der Waals surface area (Å²) in [7, 11) is 0. The minimum atomic E-state index is -0.171. The van der Waals surface area contributed by atoms with Gasteiger partial charge in [-0.15, -0.1) is 0 Å². The summed E-state index contributed by atoms with van der Waals surface area (Å²) in [5.41, 5.74) is 8.12. The maximum Gasteiger partial charge on any atom is 0.243 e. The smallest absolute Gasteiger partial charge is 0.243 e. The van der Waals surface area contributed by atoms with Crippen molar-refractivity contribution in [3.63, 3.8) is 0 Å². The van der Waals surface area contributed by atoms with Crippen molar-refractivity contribution in [3.05, 3.63) is 34.1 Å². The van der Waals surface area contributed by atoms with Crippen LogP contribution in [-0.4, -0.2) is 10.1 Å².